The molecule has 0 saturated carbocycles. The van der Waals surface area contributed by atoms with Crippen LogP contribution in [0.25, 0.3) is 0 Å². The van der Waals surface area contributed by atoms with E-state index in [2.05, 4.69) is 70.1 Å². The van der Waals surface area contributed by atoms with Crippen molar-refractivity contribution in [3.8, 4) is 5.75 Å². The SMILES string of the molecule is CCCNCc1cc(Br)c(OCC(C)CCC)c(Br)c1. The Bertz CT molecular complexity index is 386. The van der Waals surface area contributed by atoms with Crippen LogP contribution in [-0.2, 0) is 6.54 Å². The van der Waals surface area contributed by atoms with Crippen molar-refractivity contribution in [1.82, 2.24) is 5.32 Å². The van der Waals surface area contributed by atoms with Crippen LogP contribution >= 0.6 is 31.9 Å². The van der Waals surface area contributed by atoms with Crippen LogP contribution < -0.4 is 10.1 Å². The second-order valence-corrected chi connectivity index (χ2v) is 6.98. The lowest BCUT2D eigenvalue weighted by atomic mass is 10.1. The van der Waals surface area contributed by atoms with Gasteiger partial charge in [0.25, 0.3) is 0 Å². The van der Waals surface area contributed by atoms with Gasteiger partial charge in [-0.05, 0) is 74.9 Å². The summed E-state index contributed by atoms with van der Waals surface area (Å²) < 4.78 is 7.98. The zero-order valence-electron chi connectivity index (χ0n) is 12.6. The Morgan fingerprint density at radius 3 is 2.35 bits per heavy atom. The maximum Gasteiger partial charge on any atom is 0.147 e. The third-order valence-corrected chi connectivity index (χ3v) is 4.29. The Labute approximate surface area is 139 Å². The highest BCUT2D eigenvalue weighted by Crippen LogP contribution is 2.35. The second kappa shape index (κ2) is 9.80. The molecule has 1 aromatic rings. The van der Waals surface area contributed by atoms with Crippen molar-refractivity contribution in [2.45, 2.75) is 46.6 Å². The van der Waals surface area contributed by atoms with E-state index >= 15 is 0 Å². The molecule has 0 amide bonds. The van der Waals surface area contributed by atoms with Crippen LogP contribution in [0.4, 0.5) is 0 Å². The van der Waals surface area contributed by atoms with Gasteiger partial charge in [0.05, 0.1) is 15.6 Å². The molecule has 4 heteroatoms. The molecule has 0 bridgehead atoms. The monoisotopic (exact) mass is 405 g/mol. The summed E-state index contributed by atoms with van der Waals surface area (Å²) in [4.78, 5) is 0. The highest BCUT2D eigenvalue weighted by molar-refractivity contribution is 9.11. The fraction of sp³-hybridized carbons (Fsp3) is 0.625. The molecule has 0 aliphatic carbocycles. The lowest BCUT2D eigenvalue weighted by molar-refractivity contribution is 0.249. The van der Waals surface area contributed by atoms with E-state index in [0.717, 1.165) is 40.8 Å². The van der Waals surface area contributed by atoms with Crippen LogP contribution in [0.3, 0.4) is 0 Å². The third-order valence-electron chi connectivity index (χ3n) is 3.11. The fourth-order valence-electron chi connectivity index (χ4n) is 2.06. The summed E-state index contributed by atoms with van der Waals surface area (Å²) in [6.07, 6.45) is 3.56. The number of hydrogen-bond acceptors (Lipinski definition) is 2. The molecule has 2 nitrogen and oxygen atoms in total. The smallest absolute Gasteiger partial charge is 0.147 e. The van der Waals surface area contributed by atoms with Gasteiger partial charge in [-0.1, -0.05) is 27.2 Å². The van der Waals surface area contributed by atoms with Crippen LogP contribution in [0.15, 0.2) is 21.1 Å². The minimum atomic E-state index is 0.588. The highest BCUT2D eigenvalue weighted by Gasteiger charge is 2.10. The van der Waals surface area contributed by atoms with Crippen LogP contribution in [0, 0.1) is 5.92 Å². The molecule has 1 rings (SSSR count). The van der Waals surface area contributed by atoms with Gasteiger partial charge >= 0.3 is 0 Å². The van der Waals surface area contributed by atoms with Gasteiger partial charge in [-0.3, -0.25) is 0 Å². The van der Waals surface area contributed by atoms with Crippen molar-refractivity contribution < 1.29 is 4.74 Å². The number of rotatable bonds is 9. The molecule has 20 heavy (non-hydrogen) atoms. The van der Waals surface area contributed by atoms with Gasteiger partial charge in [0.15, 0.2) is 0 Å². The quantitative estimate of drug-likeness (QED) is 0.544. The Kier molecular flexibility index (Phi) is 8.82. The number of hydrogen-bond donors (Lipinski definition) is 1. The summed E-state index contributed by atoms with van der Waals surface area (Å²) in [6.45, 7) is 9.31. The number of nitrogens with one attached hydrogen (secondary N) is 1. The van der Waals surface area contributed by atoms with E-state index in [1.54, 1.807) is 0 Å². The average Bonchev–Trinajstić information content (AvgIpc) is 2.38. The van der Waals surface area contributed by atoms with E-state index in [0.29, 0.717) is 5.92 Å². The molecule has 0 saturated heterocycles. The lowest BCUT2D eigenvalue weighted by Crippen LogP contribution is -2.14. The highest BCUT2D eigenvalue weighted by atomic mass is 79.9. The molecule has 0 radical (unpaired) electrons. The standard InChI is InChI=1S/C16H25Br2NO/c1-4-6-12(3)11-20-16-14(17)8-13(9-15(16)18)10-19-7-5-2/h8-9,12,19H,4-7,10-11H2,1-3H3. The molecule has 1 N–H and O–H groups in total. The maximum absolute atomic E-state index is 5.95. The van der Waals surface area contributed by atoms with Gasteiger partial charge in [0.1, 0.15) is 5.75 Å². The first-order valence-electron chi connectivity index (χ1n) is 7.39. The van der Waals surface area contributed by atoms with Gasteiger partial charge in [0.2, 0.25) is 0 Å². The van der Waals surface area contributed by atoms with Gasteiger partial charge in [0, 0.05) is 6.54 Å². The first-order valence-corrected chi connectivity index (χ1v) is 8.98. The normalized spacial score (nSPS) is 12.4. The molecule has 1 unspecified atom stereocenters. The molecule has 1 aromatic carbocycles. The van der Waals surface area contributed by atoms with E-state index < -0.39 is 0 Å². The largest absolute Gasteiger partial charge is 0.491 e. The zero-order valence-corrected chi connectivity index (χ0v) is 15.8. The summed E-state index contributed by atoms with van der Waals surface area (Å²) in [5.74, 6) is 1.50. The molecular weight excluding hydrogens is 382 g/mol. The predicted molar refractivity (Wildman–Crippen MR) is 93.4 cm³/mol. The summed E-state index contributed by atoms with van der Waals surface area (Å²) in [6, 6.07) is 4.26. The van der Waals surface area contributed by atoms with Crippen molar-refractivity contribution >= 4 is 31.9 Å². The summed E-state index contributed by atoms with van der Waals surface area (Å²) in [5, 5.41) is 3.41. The minimum Gasteiger partial charge on any atom is -0.491 e. The first kappa shape index (κ1) is 18.0. The minimum absolute atomic E-state index is 0.588. The summed E-state index contributed by atoms with van der Waals surface area (Å²) in [5.41, 5.74) is 1.26. The zero-order chi connectivity index (χ0) is 15.0. The van der Waals surface area contributed by atoms with E-state index in [9.17, 15) is 0 Å². The first-order chi connectivity index (χ1) is 9.58. The summed E-state index contributed by atoms with van der Waals surface area (Å²) >= 11 is 7.23. The Morgan fingerprint density at radius 2 is 1.80 bits per heavy atom. The molecule has 114 valence electrons. The molecule has 1 atom stereocenters. The average molecular weight is 407 g/mol. The van der Waals surface area contributed by atoms with Crippen LogP contribution in [0.5, 0.6) is 5.75 Å². The second-order valence-electron chi connectivity index (χ2n) is 5.27. The lowest BCUT2D eigenvalue weighted by Gasteiger charge is -2.16. The molecule has 0 aliphatic heterocycles. The van der Waals surface area contributed by atoms with Crippen molar-refractivity contribution in [3.05, 3.63) is 26.6 Å². The Balaban J connectivity index is 2.64. The molecule has 0 heterocycles. The van der Waals surface area contributed by atoms with E-state index in [1.165, 1.54) is 18.4 Å². The van der Waals surface area contributed by atoms with Gasteiger partial charge < -0.3 is 10.1 Å². The van der Waals surface area contributed by atoms with Crippen LogP contribution in [0.1, 0.15) is 45.6 Å². The topological polar surface area (TPSA) is 21.3 Å². The molecule has 0 aliphatic rings. The van der Waals surface area contributed by atoms with Crippen molar-refractivity contribution in [2.75, 3.05) is 13.2 Å². The van der Waals surface area contributed by atoms with Crippen LogP contribution in [-0.4, -0.2) is 13.2 Å². The molecule has 0 aromatic heterocycles. The van der Waals surface area contributed by atoms with Gasteiger partial charge in [-0.25, -0.2) is 0 Å². The van der Waals surface area contributed by atoms with E-state index in [-0.39, 0.29) is 0 Å². The fourth-order valence-corrected chi connectivity index (χ4v) is 3.57. The van der Waals surface area contributed by atoms with Gasteiger partial charge in [-0.2, -0.15) is 0 Å². The van der Waals surface area contributed by atoms with Crippen molar-refractivity contribution in [2.24, 2.45) is 5.92 Å². The van der Waals surface area contributed by atoms with Crippen molar-refractivity contribution in [3.63, 3.8) is 0 Å². The Morgan fingerprint density at radius 1 is 1.15 bits per heavy atom. The van der Waals surface area contributed by atoms with E-state index in [1.807, 2.05) is 0 Å². The third kappa shape index (κ3) is 6.15. The van der Waals surface area contributed by atoms with Gasteiger partial charge in [-0.15, -0.1) is 0 Å². The summed E-state index contributed by atoms with van der Waals surface area (Å²) in [7, 11) is 0. The van der Waals surface area contributed by atoms with Crippen LogP contribution in [0.2, 0.25) is 0 Å². The predicted octanol–water partition coefficient (Wildman–Crippen LogP) is 5.53. The molecule has 0 spiro atoms. The molecule has 0 fully saturated rings. The Hall–Kier alpha value is -0.0600. The molecular formula is C16H25Br2NO. The number of halogens is 2. The van der Waals surface area contributed by atoms with E-state index in [4.69, 9.17) is 4.74 Å². The number of ether oxygens (including phenoxy) is 1. The maximum atomic E-state index is 5.95. The number of benzene rings is 1. The van der Waals surface area contributed by atoms with Crippen molar-refractivity contribution in [1.29, 1.82) is 0 Å².